The lowest BCUT2D eigenvalue weighted by atomic mass is 10.1. The summed E-state index contributed by atoms with van der Waals surface area (Å²) < 4.78 is 6.36. The normalized spacial score (nSPS) is 14.4. The fourth-order valence-corrected chi connectivity index (χ4v) is 3.35. The Morgan fingerprint density at radius 3 is 2.71 bits per heavy atom. The van der Waals surface area contributed by atoms with E-state index in [1.54, 1.807) is 6.07 Å². The minimum atomic E-state index is -0.920. The fraction of sp³-hybridized carbons (Fsp3) is 0.389. The van der Waals surface area contributed by atoms with Gasteiger partial charge in [-0.3, -0.25) is 14.3 Å². The van der Waals surface area contributed by atoms with Crippen LogP contribution in [0.1, 0.15) is 36.0 Å². The van der Waals surface area contributed by atoms with Crippen molar-refractivity contribution >= 4 is 34.3 Å². The van der Waals surface area contributed by atoms with Crippen LogP contribution in [0.25, 0.3) is 11.0 Å². The van der Waals surface area contributed by atoms with Crippen LogP contribution in [0.2, 0.25) is 0 Å². The van der Waals surface area contributed by atoms with Crippen molar-refractivity contribution in [2.45, 2.75) is 32.2 Å². The van der Waals surface area contributed by atoms with Gasteiger partial charge in [-0.1, -0.05) is 0 Å². The first-order chi connectivity index (χ1) is 13.6. The highest BCUT2D eigenvalue weighted by Crippen LogP contribution is 2.31. The van der Waals surface area contributed by atoms with Crippen molar-refractivity contribution in [1.82, 2.24) is 20.1 Å². The quantitative estimate of drug-likeness (QED) is 0.662. The summed E-state index contributed by atoms with van der Waals surface area (Å²) in [6, 6.07) is 3.72. The molecule has 28 heavy (non-hydrogen) atoms. The van der Waals surface area contributed by atoms with Gasteiger partial charge in [-0.15, -0.1) is 0 Å². The van der Waals surface area contributed by atoms with Crippen LogP contribution >= 0.6 is 0 Å². The molecule has 0 atom stereocenters. The molecular weight excluding hydrogens is 364 g/mol. The van der Waals surface area contributed by atoms with Crippen molar-refractivity contribution in [1.29, 1.82) is 0 Å². The zero-order valence-electron chi connectivity index (χ0n) is 15.2. The molecule has 1 amide bonds. The summed E-state index contributed by atoms with van der Waals surface area (Å²) in [4.78, 5) is 25.5. The Balaban J connectivity index is 1.53. The summed E-state index contributed by atoms with van der Waals surface area (Å²) in [7, 11) is 0. The summed E-state index contributed by atoms with van der Waals surface area (Å²) in [5, 5.41) is 23.6. The number of aromatic nitrogens is 4. The van der Waals surface area contributed by atoms with Crippen molar-refractivity contribution in [3.05, 3.63) is 30.1 Å². The van der Waals surface area contributed by atoms with E-state index in [4.69, 9.17) is 9.74 Å². The molecular formula is C18H20N6O4. The molecule has 0 radical (unpaired) electrons. The van der Waals surface area contributed by atoms with Gasteiger partial charge in [0.1, 0.15) is 0 Å². The number of carboxylic acid groups (broad SMARTS) is 1. The largest absolute Gasteiger partial charge is 0.481 e. The molecule has 2 N–H and O–H groups in total. The Bertz CT molecular complexity index is 1000. The van der Waals surface area contributed by atoms with Gasteiger partial charge in [0.05, 0.1) is 36.1 Å². The molecule has 2 aromatic heterocycles. The Labute approximate surface area is 160 Å². The van der Waals surface area contributed by atoms with Crippen molar-refractivity contribution in [3.63, 3.8) is 0 Å². The maximum absolute atomic E-state index is 12.5. The van der Waals surface area contributed by atoms with Crippen molar-refractivity contribution < 1.29 is 19.3 Å². The molecule has 3 aromatic rings. The number of fused-ring (bicyclic) bond motifs is 1. The number of anilines is 2. The Hall–Kier alpha value is -3.43. The highest BCUT2D eigenvalue weighted by atomic mass is 16.6. The van der Waals surface area contributed by atoms with E-state index in [2.05, 4.69) is 25.6 Å². The third-order valence-electron chi connectivity index (χ3n) is 4.79. The number of amides is 1. The third kappa shape index (κ3) is 3.66. The number of rotatable bonds is 6. The lowest BCUT2D eigenvalue weighted by molar-refractivity contribution is -0.137. The van der Waals surface area contributed by atoms with Crippen LogP contribution in [-0.4, -0.2) is 50.2 Å². The number of carbonyl (C=O) groups excluding carboxylic acids is 1. The minimum Gasteiger partial charge on any atom is -0.481 e. The first-order valence-corrected chi connectivity index (χ1v) is 9.17. The number of hydrogen-bond donors (Lipinski definition) is 2. The van der Waals surface area contributed by atoms with Crippen molar-refractivity contribution in [2.75, 3.05) is 23.3 Å². The number of nitrogens with one attached hydrogen (secondary N) is 1. The zero-order valence-corrected chi connectivity index (χ0v) is 15.2. The molecule has 1 aliphatic heterocycles. The van der Waals surface area contributed by atoms with Gasteiger partial charge in [0.15, 0.2) is 11.0 Å². The predicted octanol–water partition coefficient (Wildman–Crippen LogP) is 2.14. The molecule has 1 fully saturated rings. The second-order valence-corrected chi connectivity index (χ2v) is 6.73. The molecule has 0 spiro atoms. The van der Waals surface area contributed by atoms with Gasteiger partial charge in [-0.25, -0.2) is 4.63 Å². The maximum atomic E-state index is 12.5. The van der Waals surface area contributed by atoms with E-state index in [-0.39, 0.29) is 18.9 Å². The molecule has 3 heterocycles. The molecule has 1 saturated heterocycles. The van der Waals surface area contributed by atoms with E-state index in [0.29, 0.717) is 22.3 Å². The predicted molar refractivity (Wildman–Crippen MR) is 100 cm³/mol. The Kier molecular flexibility index (Phi) is 4.92. The van der Waals surface area contributed by atoms with Crippen LogP contribution in [-0.2, 0) is 11.3 Å². The molecule has 4 rings (SSSR count). The first kappa shape index (κ1) is 18.0. The van der Waals surface area contributed by atoms with Gasteiger partial charge in [-0.05, 0) is 41.7 Å². The molecule has 10 heteroatoms. The number of aryl methyl sites for hydroxylation is 1. The number of benzene rings is 1. The molecule has 1 aromatic carbocycles. The number of carbonyl (C=O) groups is 2. The fourth-order valence-electron chi connectivity index (χ4n) is 3.35. The number of nitrogens with zero attached hydrogens (tertiary/aromatic N) is 5. The monoisotopic (exact) mass is 384 g/mol. The Morgan fingerprint density at radius 2 is 1.93 bits per heavy atom. The van der Waals surface area contributed by atoms with E-state index in [1.807, 2.05) is 6.07 Å². The van der Waals surface area contributed by atoms with Gasteiger partial charge < -0.3 is 15.3 Å². The third-order valence-corrected chi connectivity index (χ3v) is 4.79. The molecule has 0 saturated carbocycles. The molecule has 0 unspecified atom stereocenters. The van der Waals surface area contributed by atoms with Gasteiger partial charge >= 0.3 is 5.97 Å². The average molecular weight is 384 g/mol. The van der Waals surface area contributed by atoms with Gasteiger partial charge in [0.25, 0.3) is 5.91 Å². The van der Waals surface area contributed by atoms with Crippen LogP contribution in [0.3, 0.4) is 0 Å². The second-order valence-electron chi connectivity index (χ2n) is 6.73. The van der Waals surface area contributed by atoms with Crippen molar-refractivity contribution in [3.8, 4) is 0 Å². The number of piperidine rings is 1. The van der Waals surface area contributed by atoms with Gasteiger partial charge in [0, 0.05) is 19.3 Å². The van der Waals surface area contributed by atoms with E-state index in [1.165, 1.54) is 23.5 Å². The number of aliphatic carboxylic acids is 1. The van der Waals surface area contributed by atoms with Gasteiger partial charge in [-0.2, -0.15) is 5.10 Å². The van der Waals surface area contributed by atoms with Crippen LogP contribution in [0, 0.1) is 0 Å². The zero-order chi connectivity index (χ0) is 19.5. The highest BCUT2D eigenvalue weighted by molar-refractivity contribution is 6.09. The van der Waals surface area contributed by atoms with E-state index < -0.39 is 5.97 Å². The average Bonchev–Trinajstić information content (AvgIpc) is 3.37. The van der Waals surface area contributed by atoms with E-state index in [0.717, 1.165) is 31.6 Å². The lowest BCUT2D eigenvalue weighted by Gasteiger charge is -2.28. The summed E-state index contributed by atoms with van der Waals surface area (Å²) in [6.45, 7) is 2.12. The molecule has 10 nitrogen and oxygen atoms in total. The number of carboxylic acids is 1. The van der Waals surface area contributed by atoms with Gasteiger partial charge in [0.2, 0.25) is 0 Å². The van der Waals surface area contributed by atoms with Crippen LogP contribution in [0.15, 0.2) is 29.2 Å². The SMILES string of the molecule is O=C(O)CCn1cc(C(=O)Nc2ccc(N3CCCCC3)c3nonc23)cn1. The van der Waals surface area contributed by atoms with E-state index >= 15 is 0 Å². The van der Waals surface area contributed by atoms with E-state index in [9.17, 15) is 9.59 Å². The highest BCUT2D eigenvalue weighted by Gasteiger charge is 2.20. The minimum absolute atomic E-state index is 0.0636. The second kappa shape index (κ2) is 7.67. The number of hydrogen-bond acceptors (Lipinski definition) is 7. The summed E-state index contributed by atoms with van der Waals surface area (Å²) in [5.74, 6) is -1.28. The molecule has 1 aliphatic rings. The summed E-state index contributed by atoms with van der Waals surface area (Å²) in [5.41, 5.74) is 2.90. The smallest absolute Gasteiger partial charge is 0.305 e. The van der Waals surface area contributed by atoms with Crippen LogP contribution in [0.4, 0.5) is 11.4 Å². The standard InChI is InChI=1S/C18H20N6O4/c25-15(26)6-9-24-11-12(10-19-24)18(27)20-13-4-5-14(17-16(13)21-28-22-17)23-7-2-1-3-8-23/h4-5,10-11H,1-3,6-9H2,(H,20,27)(H,25,26). The molecule has 0 bridgehead atoms. The maximum Gasteiger partial charge on any atom is 0.305 e. The first-order valence-electron chi connectivity index (χ1n) is 9.17. The topological polar surface area (TPSA) is 126 Å². The molecule has 0 aliphatic carbocycles. The summed E-state index contributed by atoms with van der Waals surface area (Å²) >= 11 is 0. The lowest BCUT2D eigenvalue weighted by Crippen LogP contribution is -2.29. The Morgan fingerprint density at radius 1 is 1.14 bits per heavy atom. The van der Waals surface area contributed by atoms with Crippen LogP contribution in [0.5, 0.6) is 0 Å². The molecule has 146 valence electrons. The summed E-state index contributed by atoms with van der Waals surface area (Å²) in [6.07, 6.45) is 6.35. The van der Waals surface area contributed by atoms with Crippen molar-refractivity contribution in [2.24, 2.45) is 0 Å². The van der Waals surface area contributed by atoms with Crippen LogP contribution < -0.4 is 10.2 Å².